The summed E-state index contributed by atoms with van der Waals surface area (Å²) in [4.78, 5) is 11.5. The Hall–Kier alpha value is -1.51. The summed E-state index contributed by atoms with van der Waals surface area (Å²) >= 11 is 0. The van der Waals surface area contributed by atoms with Crippen molar-refractivity contribution in [2.45, 2.75) is 19.3 Å². The molecule has 0 radical (unpaired) electrons. The maximum atomic E-state index is 11.5. The number of nitrogens with one attached hydrogen (secondary N) is 1. The highest BCUT2D eigenvalue weighted by Gasteiger charge is 2.13. The third kappa shape index (κ3) is 2.72. The average Bonchev–Trinajstić information content (AvgIpc) is 2.81. The number of amides is 1. The van der Waals surface area contributed by atoms with Gasteiger partial charge in [-0.05, 0) is 37.3 Å². The van der Waals surface area contributed by atoms with E-state index in [0.717, 1.165) is 25.8 Å². The Bertz CT molecular complexity index is 341. The summed E-state index contributed by atoms with van der Waals surface area (Å²) < 4.78 is 5.01. The first-order valence-electron chi connectivity index (χ1n) is 5.33. The molecule has 15 heavy (non-hydrogen) atoms. The molecular formula is C12H15NO2. The van der Waals surface area contributed by atoms with E-state index in [-0.39, 0.29) is 5.91 Å². The minimum absolute atomic E-state index is 0.116. The van der Waals surface area contributed by atoms with Crippen LogP contribution in [0, 0.1) is 5.92 Å². The van der Waals surface area contributed by atoms with Crippen molar-refractivity contribution >= 4 is 5.91 Å². The third-order valence-corrected chi connectivity index (χ3v) is 2.67. The van der Waals surface area contributed by atoms with Crippen LogP contribution in [0.4, 0.5) is 0 Å². The van der Waals surface area contributed by atoms with Gasteiger partial charge in [-0.1, -0.05) is 12.2 Å². The molecule has 0 saturated heterocycles. The Morgan fingerprint density at radius 1 is 1.53 bits per heavy atom. The van der Waals surface area contributed by atoms with Crippen LogP contribution in [0.1, 0.15) is 29.8 Å². The average molecular weight is 205 g/mol. The fourth-order valence-corrected chi connectivity index (χ4v) is 1.77. The summed E-state index contributed by atoms with van der Waals surface area (Å²) in [6.07, 6.45) is 9.25. The predicted octanol–water partition coefficient (Wildman–Crippen LogP) is 2.37. The van der Waals surface area contributed by atoms with Gasteiger partial charge in [-0.3, -0.25) is 4.79 Å². The van der Waals surface area contributed by atoms with E-state index in [0.29, 0.717) is 11.7 Å². The molecule has 0 spiro atoms. The molecule has 1 aromatic heterocycles. The van der Waals surface area contributed by atoms with Crippen LogP contribution < -0.4 is 5.32 Å². The van der Waals surface area contributed by atoms with Crippen molar-refractivity contribution < 1.29 is 9.21 Å². The largest absolute Gasteiger partial charge is 0.459 e. The minimum atomic E-state index is -0.116. The fraction of sp³-hybridized carbons (Fsp3) is 0.417. The van der Waals surface area contributed by atoms with Crippen LogP contribution in [0.25, 0.3) is 0 Å². The number of hydrogen-bond acceptors (Lipinski definition) is 2. The van der Waals surface area contributed by atoms with Gasteiger partial charge in [0.2, 0.25) is 0 Å². The Kier molecular flexibility index (Phi) is 3.22. The molecule has 1 aromatic rings. The van der Waals surface area contributed by atoms with Crippen molar-refractivity contribution in [3.63, 3.8) is 0 Å². The van der Waals surface area contributed by atoms with Crippen LogP contribution in [0.3, 0.4) is 0 Å². The quantitative estimate of drug-likeness (QED) is 0.770. The van der Waals surface area contributed by atoms with E-state index in [4.69, 9.17) is 4.42 Å². The molecule has 0 bridgehead atoms. The fourth-order valence-electron chi connectivity index (χ4n) is 1.77. The molecule has 3 heteroatoms. The Morgan fingerprint density at radius 2 is 2.47 bits per heavy atom. The Morgan fingerprint density at radius 3 is 3.13 bits per heavy atom. The van der Waals surface area contributed by atoms with Crippen molar-refractivity contribution in [1.82, 2.24) is 5.32 Å². The van der Waals surface area contributed by atoms with Gasteiger partial charge in [0.15, 0.2) is 5.76 Å². The third-order valence-electron chi connectivity index (χ3n) is 2.67. The maximum absolute atomic E-state index is 11.5. The van der Waals surface area contributed by atoms with Crippen LogP contribution in [0.5, 0.6) is 0 Å². The molecule has 0 aromatic carbocycles. The lowest BCUT2D eigenvalue weighted by Gasteiger charge is -2.17. The lowest BCUT2D eigenvalue weighted by Crippen LogP contribution is -2.29. The highest BCUT2D eigenvalue weighted by atomic mass is 16.3. The topological polar surface area (TPSA) is 42.2 Å². The predicted molar refractivity (Wildman–Crippen MR) is 57.5 cm³/mol. The SMILES string of the molecule is O=C(NCC1CC=CCC1)c1ccco1. The lowest BCUT2D eigenvalue weighted by molar-refractivity contribution is 0.0918. The van der Waals surface area contributed by atoms with Crippen LogP contribution in [-0.4, -0.2) is 12.5 Å². The van der Waals surface area contributed by atoms with E-state index < -0.39 is 0 Å². The molecule has 1 amide bonds. The second-order valence-electron chi connectivity index (χ2n) is 3.84. The number of rotatable bonds is 3. The van der Waals surface area contributed by atoms with Crippen LogP contribution in [0.15, 0.2) is 35.0 Å². The normalized spacial score (nSPS) is 20.1. The summed E-state index contributed by atoms with van der Waals surface area (Å²) in [5, 5.41) is 2.89. The van der Waals surface area contributed by atoms with Crippen molar-refractivity contribution in [3.05, 3.63) is 36.3 Å². The second kappa shape index (κ2) is 4.82. The van der Waals surface area contributed by atoms with Gasteiger partial charge < -0.3 is 9.73 Å². The molecule has 0 saturated carbocycles. The molecule has 2 rings (SSSR count). The number of hydrogen-bond donors (Lipinski definition) is 1. The molecule has 0 fully saturated rings. The molecule has 1 aliphatic carbocycles. The molecule has 3 nitrogen and oxygen atoms in total. The standard InChI is InChI=1S/C12H15NO2/c14-12(11-7-4-8-15-11)13-9-10-5-2-1-3-6-10/h1-2,4,7-8,10H,3,5-6,9H2,(H,13,14). The summed E-state index contributed by atoms with van der Waals surface area (Å²) in [5.41, 5.74) is 0. The zero-order chi connectivity index (χ0) is 10.5. The molecular weight excluding hydrogens is 190 g/mol. The van der Waals surface area contributed by atoms with Gasteiger partial charge in [0.05, 0.1) is 6.26 Å². The summed E-state index contributed by atoms with van der Waals surface area (Å²) in [6, 6.07) is 3.40. The molecule has 1 heterocycles. The van der Waals surface area contributed by atoms with E-state index >= 15 is 0 Å². The summed E-state index contributed by atoms with van der Waals surface area (Å²) in [6.45, 7) is 0.740. The van der Waals surface area contributed by atoms with Crippen LogP contribution in [0.2, 0.25) is 0 Å². The Balaban J connectivity index is 1.78. The maximum Gasteiger partial charge on any atom is 0.286 e. The lowest BCUT2D eigenvalue weighted by atomic mass is 9.94. The summed E-state index contributed by atoms with van der Waals surface area (Å²) in [5.74, 6) is 0.852. The zero-order valence-corrected chi connectivity index (χ0v) is 8.61. The molecule has 1 unspecified atom stereocenters. The highest BCUT2D eigenvalue weighted by molar-refractivity contribution is 5.91. The highest BCUT2D eigenvalue weighted by Crippen LogP contribution is 2.17. The van der Waals surface area contributed by atoms with E-state index in [2.05, 4.69) is 17.5 Å². The van der Waals surface area contributed by atoms with E-state index in [9.17, 15) is 4.79 Å². The van der Waals surface area contributed by atoms with Crippen molar-refractivity contribution in [3.8, 4) is 0 Å². The van der Waals surface area contributed by atoms with E-state index in [1.807, 2.05) is 0 Å². The van der Waals surface area contributed by atoms with Gasteiger partial charge in [0.1, 0.15) is 0 Å². The molecule has 80 valence electrons. The van der Waals surface area contributed by atoms with E-state index in [1.54, 1.807) is 12.1 Å². The zero-order valence-electron chi connectivity index (χ0n) is 8.61. The van der Waals surface area contributed by atoms with Crippen molar-refractivity contribution in [2.75, 3.05) is 6.54 Å². The van der Waals surface area contributed by atoms with Crippen LogP contribution in [-0.2, 0) is 0 Å². The number of carbonyl (C=O) groups is 1. The van der Waals surface area contributed by atoms with Gasteiger partial charge >= 0.3 is 0 Å². The van der Waals surface area contributed by atoms with Crippen molar-refractivity contribution in [1.29, 1.82) is 0 Å². The number of furan rings is 1. The first-order chi connectivity index (χ1) is 7.36. The molecule has 1 N–H and O–H groups in total. The van der Waals surface area contributed by atoms with Gasteiger partial charge in [-0.2, -0.15) is 0 Å². The Labute approximate surface area is 89.2 Å². The first kappa shape index (κ1) is 10.0. The minimum Gasteiger partial charge on any atom is -0.459 e. The van der Waals surface area contributed by atoms with Gasteiger partial charge in [0.25, 0.3) is 5.91 Å². The van der Waals surface area contributed by atoms with Gasteiger partial charge in [-0.15, -0.1) is 0 Å². The van der Waals surface area contributed by atoms with E-state index in [1.165, 1.54) is 6.26 Å². The second-order valence-corrected chi connectivity index (χ2v) is 3.84. The first-order valence-corrected chi connectivity index (χ1v) is 5.33. The smallest absolute Gasteiger partial charge is 0.286 e. The number of allylic oxidation sites excluding steroid dienone is 2. The number of carbonyl (C=O) groups excluding carboxylic acids is 1. The monoisotopic (exact) mass is 205 g/mol. The molecule has 1 aliphatic rings. The molecule has 0 aliphatic heterocycles. The van der Waals surface area contributed by atoms with Crippen LogP contribution >= 0.6 is 0 Å². The summed E-state index contributed by atoms with van der Waals surface area (Å²) in [7, 11) is 0. The van der Waals surface area contributed by atoms with Gasteiger partial charge in [0, 0.05) is 6.54 Å². The van der Waals surface area contributed by atoms with Crippen molar-refractivity contribution in [2.24, 2.45) is 5.92 Å². The van der Waals surface area contributed by atoms with Gasteiger partial charge in [-0.25, -0.2) is 0 Å². The molecule has 1 atom stereocenters.